The van der Waals surface area contributed by atoms with Gasteiger partial charge in [0, 0.05) is 6.20 Å². The maximum Gasteiger partial charge on any atom is 0.0649 e. The average Bonchev–Trinajstić information content (AvgIpc) is 2.92. The van der Waals surface area contributed by atoms with Crippen LogP contribution in [0.2, 0.25) is 0 Å². The molecule has 3 nitrogen and oxygen atoms in total. The molecule has 2 N–H and O–H groups in total. The number of benzene rings is 1. The fraction of sp³-hybridized carbons (Fsp3) is 0.500. The monoisotopic (exact) mass is 279 g/mol. The third-order valence-corrected chi connectivity index (χ3v) is 6.22. The molecule has 3 aliphatic carbocycles. The predicted molar refractivity (Wildman–Crippen MR) is 81.8 cm³/mol. The van der Waals surface area contributed by atoms with Crippen LogP contribution in [0.25, 0.3) is 5.69 Å². The standard InChI is InChI=1S/C18H21N3/c19-18(17-15-11-6-7-12(10-11)16(15)17)14-8-9-20-21(14)13-4-2-1-3-5-13/h1-5,8-9,11-12,15-18H,6-7,10,19H2. The van der Waals surface area contributed by atoms with Crippen LogP contribution < -0.4 is 5.73 Å². The lowest BCUT2D eigenvalue weighted by atomic mass is 9.96. The third kappa shape index (κ3) is 1.61. The summed E-state index contributed by atoms with van der Waals surface area (Å²) >= 11 is 0. The molecule has 3 heteroatoms. The minimum atomic E-state index is 0.145. The Morgan fingerprint density at radius 3 is 2.48 bits per heavy atom. The van der Waals surface area contributed by atoms with E-state index >= 15 is 0 Å². The second-order valence-electron chi connectivity index (χ2n) is 7.09. The zero-order valence-corrected chi connectivity index (χ0v) is 12.1. The summed E-state index contributed by atoms with van der Waals surface area (Å²) in [7, 11) is 0. The summed E-state index contributed by atoms with van der Waals surface area (Å²) < 4.78 is 2.03. The fourth-order valence-corrected chi connectivity index (χ4v) is 5.42. The molecule has 3 fully saturated rings. The van der Waals surface area contributed by atoms with E-state index in [-0.39, 0.29) is 6.04 Å². The highest BCUT2D eigenvalue weighted by molar-refractivity contribution is 5.34. The molecule has 5 unspecified atom stereocenters. The number of nitrogens with zero attached hydrogens (tertiary/aromatic N) is 2. The van der Waals surface area contributed by atoms with Crippen LogP contribution in [0.4, 0.5) is 0 Å². The Hall–Kier alpha value is -1.61. The molecule has 21 heavy (non-hydrogen) atoms. The fourth-order valence-electron chi connectivity index (χ4n) is 5.42. The van der Waals surface area contributed by atoms with Gasteiger partial charge in [-0.2, -0.15) is 5.10 Å². The molecule has 0 radical (unpaired) electrons. The second kappa shape index (κ2) is 4.20. The van der Waals surface area contributed by atoms with Gasteiger partial charge in [-0.15, -0.1) is 0 Å². The van der Waals surface area contributed by atoms with Gasteiger partial charge in [0.25, 0.3) is 0 Å². The van der Waals surface area contributed by atoms with Gasteiger partial charge in [0.05, 0.1) is 17.4 Å². The van der Waals surface area contributed by atoms with Crippen LogP contribution >= 0.6 is 0 Å². The third-order valence-electron chi connectivity index (χ3n) is 6.22. The van der Waals surface area contributed by atoms with Crippen molar-refractivity contribution in [3.8, 4) is 5.69 Å². The number of rotatable bonds is 3. The van der Waals surface area contributed by atoms with Crippen molar-refractivity contribution in [2.45, 2.75) is 25.3 Å². The van der Waals surface area contributed by atoms with Gasteiger partial charge in [-0.25, -0.2) is 4.68 Å². The average molecular weight is 279 g/mol. The van der Waals surface area contributed by atoms with Gasteiger partial charge in [-0.05, 0) is 67.1 Å². The van der Waals surface area contributed by atoms with E-state index in [1.807, 2.05) is 16.9 Å². The Balaban J connectivity index is 1.46. The van der Waals surface area contributed by atoms with Crippen molar-refractivity contribution in [1.82, 2.24) is 9.78 Å². The molecular formula is C18H21N3. The van der Waals surface area contributed by atoms with Crippen LogP contribution in [0.5, 0.6) is 0 Å². The first-order valence-corrected chi connectivity index (χ1v) is 8.19. The number of fused-ring (bicyclic) bond motifs is 5. The highest BCUT2D eigenvalue weighted by Gasteiger charge is 2.66. The maximum absolute atomic E-state index is 6.66. The normalized spacial score (nSPS) is 37.5. The summed E-state index contributed by atoms with van der Waals surface area (Å²) in [4.78, 5) is 0. The number of hydrogen-bond donors (Lipinski definition) is 1. The highest BCUT2D eigenvalue weighted by atomic mass is 15.3. The molecule has 0 aliphatic heterocycles. The minimum Gasteiger partial charge on any atom is -0.322 e. The Bertz CT molecular complexity index is 646. The van der Waals surface area contributed by atoms with Crippen molar-refractivity contribution in [3.05, 3.63) is 48.3 Å². The molecule has 5 rings (SSSR count). The summed E-state index contributed by atoms with van der Waals surface area (Å²) in [5, 5.41) is 4.50. The van der Waals surface area contributed by atoms with Crippen molar-refractivity contribution in [1.29, 1.82) is 0 Å². The summed E-state index contributed by atoms with van der Waals surface area (Å²) in [6.07, 6.45) is 6.27. The first kappa shape index (κ1) is 12.0. The number of aromatic nitrogens is 2. The molecule has 3 aliphatic rings. The van der Waals surface area contributed by atoms with Gasteiger partial charge < -0.3 is 5.73 Å². The highest BCUT2D eigenvalue weighted by Crippen LogP contribution is 2.71. The molecule has 0 spiro atoms. The lowest BCUT2D eigenvalue weighted by molar-refractivity contribution is 0.409. The summed E-state index contributed by atoms with van der Waals surface area (Å²) in [5.74, 6) is 4.49. The first-order valence-electron chi connectivity index (χ1n) is 8.19. The molecule has 1 heterocycles. The Morgan fingerprint density at radius 2 is 1.76 bits per heavy atom. The van der Waals surface area contributed by atoms with Crippen LogP contribution in [-0.4, -0.2) is 9.78 Å². The van der Waals surface area contributed by atoms with Crippen LogP contribution in [0, 0.1) is 29.6 Å². The molecule has 0 saturated heterocycles. The first-order chi connectivity index (χ1) is 10.3. The Kier molecular flexibility index (Phi) is 2.40. The number of nitrogens with two attached hydrogens (primary N) is 1. The zero-order valence-electron chi connectivity index (χ0n) is 12.1. The van der Waals surface area contributed by atoms with E-state index in [4.69, 9.17) is 5.73 Å². The Morgan fingerprint density at radius 1 is 1.05 bits per heavy atom. The predicted octanol–water partition coefficient (Wildman–Crippen LogP) is 3.16. The molecule has 108 valence electrons. The molecule has 1 aromatic heterocycles. The molecular weight excluding hydrogens is 258 g/mol. The molecule has 1 aromatic carbocycles. The SMILES string of the molecule is NC(c1ccnn1-c1ccccc1)C1C2C3CCC(C3)C21. The van der Waals surface area contributed by atoms with E-state index < -0.39 is 0 Å². The second-order valence-corrected chi connectivity index (χ2v) is 7.09. The quantitative estimate of drug-likeness (QED) is 0.938. The van der Waals surface area contributed by atoms with Crippen LogP contribution in [0.3, 0.4) is 0 Å². The zero-order chi connectivity index (χ0) is 14.0. The molecule has 2 aromatic rings. The van der Waals surface area contributed by atoms with Gasteiger partial charge >= 0.3 is 0 Å². The van der Waals surface area contributed by atoms with E-state index in [0.717, 1.165) is 29.4 Å². The number of hydrogen-bond acceptors (Lipinski definition) is 2. The van der Waals surface area contributed by atoms with Crippen molar-refractivity contribution in [2.24, 2.45) is 35.3 Å². The number of para-hydroxylation sites is 1. The van der Waals surface area contributed by atoms with Crippen LogP contribution in [-0.2, 0) is 0 Å². The van der Waals surface area contributed by atoms with Gasteiger partial charge in [-0.3, -0.25) is 0 Å². The van der Waals surface area contributed by atoms with E-state index in [2.05, 4.69) is 35.4 Å². The summed E-state index contributed by atoms with van der Waals surface area (Å²) in [5.41, 5.74) is 8.96. The maximum atomic E-state index is 6.66. The van der Waals surface area contributed by atoms with E-state index in [1.54, 1.807) is 0 Å². The van der Waals surface area contributed by atoms with E-state index in [9.17, 15) is 0 Å². The molecule has 5 atom stereocenters. The summed E-state index contributed by atoms with van der Waals surface area (Å²) in [6, 6.07) is 12.6. The lowest BCUT2D eigenvalue weighted by Crippen LogP contribution is -2.21. The van der Waals surface area contributed by atoms with E-state index in [1.165, 1.54) is 25.0 Å². The van der Waals surface area contributed by atoms with Crippen molar-refractivity contribution in [2.75, 3.05) is 0 Å². The van der Waals surface area contributed by atoms with Gasteiger partial charge in [0.1, 0.15) is 0 Å². The van der Waals surface area contributed by atoms with Gasteiger partial charge in [-0.1, -0.05) is 18.2 Å². The van der Waals surface area contributed by atoms with E-state index in [0.29, 0.717) is 5.92 Å². The molecule has 3 saturated carbocycles. The summed E-state index contributed by atoms with van der Waals surface area (Å²) in [6.45, 7) is 0. The van der Waals surface area contributed by atoms with Crippen molar-refractivity contribution >= 4 is 0 Å². The van der Waals surface area contributed by atoms with Crippen molar-refractivity contribution in [3.63, 3.8) is 0 Å². The molecule has 2 bridgehead atoms. The van der Waals surface area contributed by atoms with Crippen molar-refractivity contribution < 1.29 is 0 Å². The largest absolute Gasteiger partial charge is 0.322 e. The van der Waals surface area contributed by atoms with Crippen LogP contribution in [0.15, 0.2) is 42.6 Å². The minimum absolute atomic E-state index is 0.145. The lowest BCUT2D eigenvalue weighted by Gasteiger charge is -2.18. The van der Waals surface area contributed by atoms with Gasteiger partial charge in [0.2, 0.25) is 0 Å². The molecule has 0 amide bonds. The smallest absolute Gasteiger partial charge is 0.0649 e. The topological polar surface area (TPSA) is 43.8 Å². The van der Waals surface area contributed by atoms with Crippen LogP contribution in [0.1, 0.15) is 31.0 Å². The van der Waals surface area contributed by atoms with Gasteiger partial charge in [0.15, 0.2) is 0 Å². The Labute approximate surface area is 125 Å².